The smallest absolute Gasteiger partial charge is 0.0939 e. The summed E-state index contributed by atoms with van der Waals surface area (Å²) in [5, 5.41) is 0. The molecule has 2 rings (SSSR count). The third-order valence-electron chi connectivity index (χ3n) is 3.07. The number of hydrogen-bond donors (Lipinski definition) is 2. The van der Waals surface area contributed by atoms with Gasteiger partial charge in [0.15, 0.2) is 0 Å². The van der Waals surface area contributed by atoms with Crippen molar-refractivity contribution in [3.8, 4) is 0 Å². The Hall–Kier alpha value is -0.160. The minimum atomic E-state index is 0.0275. The number of nitrogens with two attached hydrogens (primary N) is 1. The van der Waals surface area contributed by atoms with Gasteiger partial charge in [0.05, 0.1) is 12.2 Å². The van der Waals surface area contributed by atoms with Gasteiger partial charge < -0.3 is 9.47 Å². The van der Waals surface area contributed by atoms with Crippen molar-refractivity contribution in [1.82, 2.24) is 5.43 Å². The number of ether oxygens (including phenoxy) is 2. The third-order valence-corrected chi connectivity index (χ3v) is 3.07. The summed E-state index contributed by atoms with van der Waals surface area (Å²) in [6.07, 6.45) is 3.26. The molecule has 2 aliphatic rings. The van der Waals surface area contributed by atoms with Crippen LogP contribution in [0.1, 0.15) is 19.3 Å². The molecular formula is C9H18N2O2. The van der Waals surface area contributed by atoms with E-state index < -0.39 is 0 Å². The monoisotopic (exact) mass is 186 g/mol. The van der Waals surface area contributed by atoms with Crippen molar-refractivity contribution in [1.29, 1.82) is 0 Å². The predicted octanol–water partition coefficient (Wildman–Crippen LogP) is 0.0354. The molecule has 2 saturated heterocycles. The van der Waals surface area contributed by atoms with Crippen LogP contribution in [-0.2, 0) is 9.47 Å². The SMILES string of the molecule is NNCC1CCOC2(CCOC2)C1. The van der Waals surface area contributed by atoms with Crippen LogP contribution in [0.5, 0.6) is 0 Å². The Morgan fingerprint density at radius 3 is 3.08 bits per heavy atom. The van der Waals surface area contributed by atoms with Gasteiger partial charge in [0.2, 0.25) is 0 Å². The van der Waals surface area contributed by atoms with Crippen molar-refractivity contribution in [2.45, 2.75) is 24.9 Å². The molecule has 76 valence electrons. The van der Waals surface area contributed by atoms with Crippen LogP contribution in [0.15, 0.2) is 0 Å². The summed E-state index contributed by atoms with van der Waals surface area (Å²) in [5.41, 5.74) is 2.77. The van der Waals surface area contributed by atoms with Gasteiger partial charge in [-0.2, -0.15) is 0 Å². The van der Waals surface area contributed by atoms with Crippen LogP contribution < -0.4 is 11.3 Å². The van der Waals surface area contributed by atoms with Gasteiger partial charge >= 0.3 is 0 Å². The van der Waals surface area contributed by atoms with Crippen LogP contribution in [0.3, 0.4) is 0 Å². The van der Waals surface area contributed by atoms with Gasteiger partial charge in [-0.1, -0.05) is 0 Å². The topological polar surface area (TPSA) is 56.5 Å². The van der Waals surface area contributed by atoms with E-state index in [-0.39, 0.29) is 5.60 Å². The van der Waals surface area contributed by atoms with E-state index in [1.165, 1.54) is 0 Å². The second-order valence-corrected chi connectivity index (χ2v) is 4.10. The molecule has 0 aromatic carbocycles. The summed E-state index contributed by atoms with van der Waals surface area (Å²) in [5.74, 6) is 5.98. The van der Waals surface area contributed by atoms with Gasteiger partial charge in [0.1, 0.15) is 0 Å². The first-order chi connectivity index (χ1) is 6.35. The molecule has 0 aliphatic carbocycles. The maximum absolute atomic E-state index is 5.81. The molecule has 2 unspecified atom stereocenters. The standard InChI is InChI=1S/C9H18N2O2/c10-11-6-8-1-3-13-9(5-8)2-4-12-7-9/h8,11H,1-7,10H2. The third kappa shape index (κ3) is 2.02. The second-order valence-electron chi connectivity index (χ2n) is 4.10. The highest BCUT2D eigenvalue weighted by molar-refractivity contribution is 4.90. The lowest BCUT2D eigenvalue weighted by molar-refractivity contribution is -0.0972. The molecule has 0 aromatic rings. The van der Waals surface area contributed by atoms with E-state index in [9.17, 15) is 0 Å². The average Bonchev–Trinajstić information content (AvgIpc) is 2.54. The number of rotatable bonds is 2. The zero-order valence-corrected chi connectivity index (χ0v) is 7.92. The number of hydrazine groups is 1. The highest BCUT2D eigenvalue weighted by atomic mass is 16.6. The van der Waals surface area contributed by atoms with E-state index >= 15 is 0 Å². The lowest BCUT2D eigenvalue weighted by Crippen LogP contribution is -2.43. The van der Waals surface area contributed by atoms with Crippen molar-refractivity contribution in [3.63, 3.8) is 0 Å². The van der Waals surface area contributed by atoms with Gasteiger partial charge in [-0.25, -0.2) is 0 Å². The molecule has 0 bridgehead atoms. The molecule has 13 heavy (non-hydrogen) atoms. The van der Waals surface area contributed by atoms with Crippen LogP contribution in [0.4, 0.5) is 0 Å². The minimum Gasteiger partial charge on any atom is -0.378 e. The fourth-order valence-electron chi connectivity index (χ4n) is 2.33. The molecule has 1 spiro atoms. The fourth-order valence-corrected chi connectivity index (χ4v) is 2.33. The second kappa shape index (κ2) is 3.92. The van der Waals surface area contributed by atoms with E-state index in [0.29, 0.717) is 5.92 Å². The summed E-state index contributed by atoms with van der Waals surface area (Å²) in [7, 11) is 0. The Morgan fingerprint density at radius 2 is 2.38 bits per heavy atom. The Labute approximate surface area is 78.7 Å². The molecule has 2 fully saturated rings. The Kier molecular flexibility index (Phi) is 2.83. The quantitative estimate of drug-likeness (QED) is 0.472. The predicted molar refractivity (Wildman–Crippen MR) is 49.0 cm³/mol. The highest BCUT2D eigenvalue weighted by Crippen LogP contribution is 2.35. The summed E-state index contributed by atoms with van der Waals surface area (Å²) < 4.78 is 11.2. The van der Waals surface area contributed by atoms with E-state index in [2.05, 4.69) is 5.43 Å². The van der Waals surface area contributed by atoms with Crippen LogP contribution in [-0.4, -0.2) is 32.0 Å². The average molecular weight is 186 g/mol. The normalized spacial score (nSPS) is 39.9. The van der Waals surface area contributed by atoms with Crippen molar-refractivity contribution in [2.24, 2.45) is 11.8 Å². The zero-order valence-electron chi connectivity index (χ0n) is 7.92. The van der Waals surface area contributed by atoms with E-state index in [0.717, 1.165) is 45.6 Å². The summed E-state index contributed by atoms with van der Waals surface area (Å²) in [4.78, 5) is 0. The minimum absolute atomic E-state index is 0.0275. The molecule has 2 heterocycles. The van der Waals surface area contributed by atoms with Gasteiger partial charge in [-0.05, 0) is 18.8 Å². The fraction of sp³-hybridized carbons (Fsp3) is 1.00. The van der Waals surface area contributed by atoms with Crippen molar-refractivity contribution >= 4 is 0 Å². The lowest BCUT2D eigenvalue weighted by atomic mass is 9.85. The summed E-state index contributed by atoms with van der Waals surface area (Å²) in [6, 6.07) is 0. The van der Waals surface area contributed by atoms with Gasteiger partial charge in [-0.15, -0.1) is 0 Å². The zero-order chi connectivity index (χ0) is 9.15. The Bertz CT molecular complexity index is 167. The van der Waals surface area contributed by atoms with E-state index in [1.54, 1.807) is 0 Å². The first-order valence-electron chi connectivity index (χ1n) is 5.00. The van der Waals surface area contributed by atoms with Gasteiger partial charge in [0.25, 0.3) is 0 Å². The van der Waals surface area contributed by atoms with Crippen LogP contribution >= 0.6 is 0 Å². The molecule has 0 amide bonds. The number of hydrogen-bond acceptors (Lipinski definition) is 4. The van der Waals surface area contributed by atoms with E-state index in [1.807, 2.05) is 0 Å². The molecule has 2 atom stereocenters. The Morgan fingerprint density at radius 1 is 1.46 bits per heavy atom. The number of nitrogens with one attached hydrogen (secondary N) is 1. The first kappa shape index (κ1) is 9.40. The molecule has 2 aliphatic heterocycles. The largest absolute Gasteiger partial charge is 0.378 e. The summed E-state index contributed by atoms with van der Waals surface area (Å²) >= 11 is 0. The van der Waals surface area contributed by atoms with Gasteiger partial charge in [-0.3, -0.25) is 11.3 Å². The van der Waals surface area contributed by atoms with Crippen molar-refractivity contribution < 1.29 is 9.47 Å². The molecule has 0 radical (unpaired) electrons. The molecule has 0 saturated carbocycles. The maximum atomic E-state index is 5.81. The molecular weight excluding hydrogens is 168 g/mol. The van der Waals surface area contributed by atoms with Crippen LogP contribution in [0.25, 0.3) is 0 Å². The lowest BCUT2D eigenvalue weighted by Gasteiger charge is -2.36. The van der Waals surface area contributed by atoms with Gasteiger partial charge in [0, 0.05) is 26.2 Å². The maximum Gasteiger partial charge on any atom is 0.0939 e. The molecule has 0 aromatic heterocycles. The summed E-state index contributed by atoms with van der Waals surface area (Å²) in [6.45, 7) is 3.37. The van der Waals surface area contributed by atoms with Crippen molar-refractivity contribution in [3.05, 3.63) is 0 Å². The van der Waals surface area contributed by atoms with Crippen molar-refractivity contribution in [2.75, 3.05) is 26.4 Å². The molecule has 4 heteroatoms. The highest BCUT2D eigenvalue weighted by Gasteiger charge is 2.40. The molecule has 3 N–H and O–H groups in total. The van der Waals surface area contributed by atoms with Crippen LogP contribution in [0.2, 0.25) is 0 Å². The first-order valence-corrected chi connectivity index (χ1v) is 5.00. The van der Waals surface area contributed by atoms with E-state index in [4.69, 9.17) is 15.3 Å². The van der Waals surface area contributed by atoms with Crippen LogP contribution in [0, 0.1) is 5.92 Å². The Balaban J connectivity index is 1.90. The molecule has 4 nitrogen and oxygen atoms in total.